The molecule has 8 heteroatoms. The zero-order valence-electron chi connectivity index (χ0n) is 13.5. The second-order valence-corrected chi connectivity index (χ2v) is 4.85. The molecular formula is C18H11N3O5. The maximum absolute atomic E-state index is 11.9. The molecule has 0 heterocycles. The van der Waals surface area contributed by atoms with Gasteiger partial charge in [-0.3, -0.25) is 10.1 Å². The number of non-ortho nitro benzene ring substituents is 1. The second kappa shape index (κ2) is 8.08. The summed E-state index contributed by atoms with van der Waals surface area (Å²) in [6, 6.07) is 13.5. The first-order valence-corrected chi connectivity index (χ1v) is 7.15. The van der Waals surface area contributed by atoms with Crippen molar-refractivity contribution in [3.05, 3.63) is 69.3 Å². The van der Waals surface area contributed by atoms with Gasteiger partial charge in [-0.1, -0.05) is 18.2 Å². The number of benzene rings is 2. The van der Waals surface area contributed by atoms with Crippen molar-refractivity contribution in [3.63, 3.8) is 0 Å². The maximum atomic E-state index is 11.9. The van der Waals surface area contributed by atoms with Gasteiger partial charge in [-0.15, -0.1) is 0 Å². The Kier molecular flexibility index (Phi) is 5.65. The number of nitrogens with zero attached hydrogens (tertiary/aromatic N) is 3. The van der Waals surface area contributed by atoms with E-state index < -0.39 is 10.9 Å². The number of carbonyl (C=O) groups excluding carboxylic acids is 1. The van der Waals surface area contributed by atoms with Gasteiger partial charge in [-0.2, -0.15) is 10.5 Å². The summed E-state index contributed by atoms with van der Waals surface area (Å²) >= 11 is 0. The molecule has 26 heavy (non-hydrogen) atoms. The van der Waals surface area contributed by atoms with Crippen LogP contribution < -0.4 is 4.74 Å². The molecule has 0 spiro atoms. The smallest absolute Gasteiger partial charge is 0.341 e. The van der Waals surface area contributed by atoms with Crippen molar-refractivity contribution in [1.82, 2.24) is 0 Å². The summed E-state index contributed by atoms with van der Waals surface area (Å²) in [5.74, 6) is -0.500. The van der Waals surface area contributed by atoms with Gasteiger partial charge in [0.2, 0.25) is 0 Å². The third kappa shape index (κ3) is 4.02. The molecule has 0 radical (unpaired) electrons. The van der Waals surface area contributed by atoms with Crippen molar-refractivity contribution in [2.45, 2.75) is 0 Å². The molecule has 2 aromatic carbocycles. The van der Waals surface area contributed by atoms with Crippen LogP contribution in [0, 0.1) is 32.8 Å². The van der Waals surface area contributed by atoms with Gasteiger partial charge < -0.3 is 9.47 Å². The highest BCUT2D eigenvalue weighted by atomic mass is 16.6. The predicted octanol–water partition coefficient (Wildman–Crippen LogP) is 3.60. The first-order chi connectivity index (χ1) is 12.5. The van der Waals surface area contributed by atoms with Crippen LogP contribution in [0.3, 0.4) is 0 Å². The number of allylic oxidation sites excluding steroid dienone is 1. The average molecular weight is 349 g/mol. The van der Waals surface area contributed by atoms with Crippen LogP contribution in [0.15, 0.2) is 48.0 Å². The highest BCUT2D eigenvalue weighted by molar-refractivity contribution is 5.93. The lowest BCUT2D eigenvalue weighted by molar-refractivity contribution is -0.384. The molecule has 0 atom stereocenters. The Morgan fingerprint density at radius 1 is 1.15 bits per heavy atom. The van der Waals surface area contributed by atoms with Crippen LogP contribution in [0.1, 0.15) is 15.9 Å². The minimum Gasteiger partial charge on any atom is -0.465 e. The zero-order valence-corrected chi connectivity index (χ0v) is 13.5. The number of nitro benzene ring substituents is 1. The fraction of sp³-hybridized carbons (Fsp3) is 0.0556. The molecule has 0 N–H and O–H groups in total. The quantitative estimate of drug-likeness (QED) is 0.349. The number of rotatable bonds is 5. The number of nitriles is 2. The number of ether oxygens (including phenoxy) is 2. The van der Waals surface area contributed by atoms with Crippen molar-refractivity contribution in [3.8, 4) is 23.6 Å². The van der Waals surface area contributed by atoms with E-state index >= 15 is 0 Å². The minimum absolute atomic E-state index is 0.0405. The summed E-state index contributed by atoms with van der Waals surface area (Å²) in [6.07, 6.45) is 1.33. The molecule has 0 saturated heterocycles. The zero-order chi connectivity index (χ0) is 19.1. The van der Waals surface area contributed by atoms with E-state index in [9.17, 15) is 14.9 Å². The van der Waals surface area contributed by atoms with Crippen LogP contribution in [-0.2, 0) is 4.74 Å². The van der Waals surface area contributed by atoms with E-state index in [-0.39, 0.29) is 28.3 Å². The van der Waals surface area contributed by atoms with Crippen LogP contribution in [0.4, 0.5) is 5.69 Å². The highest BCUT2D eigenvalue weighted by Crippen LogP contribution is 2.32. The summed E-state index contributed by atoms with van der Waals surface area (Å²) in [4.78, 5) is 22.2. The summed E-state index contributed by atoms with van der Waals surface area (Å²) in [5.41, 5.74) is -0.110. The molecule has 0 unspecified atom stereocenters. The third-order valence-corrected chi connectivity index (χ3v) is 3.26. The molecule has 0 bridgehead atoms. The molecule has 8 nitrogen and oxygen atoms in total. The molecule has 2 rings (SSSR count). The molecule has 0 aliphatic heterocycles. The van der Waals surface area contributed by atoms with Crippen molar-refractivity contribution in [1.29, 1.82) is 10.5 Å². The number of esters is 1. The maximum Gasteiger partial charge on any atom is 0.341 e. The molecular weight excluding hydrogens is 338 g/mol. The normalized spacial score (nSPS) is 9.35. The molecule has 0 fully saturated rings. The van der Waals surface area contributed by atoms with E-state index in [0.29, 0.717) is 5.56 Å². The second-order valence-electron chi connectivity index (χ2n) is 4.85. The van der Waals surface area contributed by atoms with Crippen LogP contribution in [0.2, 0.25) is 0 Å². The Bertz CT molecular complexity index is 967. The third-order valence-electron chi connectivity index (χ3n) is 3.26. The van der Waals surface area contributed by atoms with E-state index in [1.54, 1.807) is 36.4 Å². The van der Waals surface area contributed by atoms with Crippen molar-refractivity contribution in [2.24, 2.45) is 0 Å². The first-order valence-electron chi connectivity index (χ1n) is 7.15. The van der Waals surface area contributed by atoms with Crippen LogP contribution in [0.25, 0.3) is 6.08 Å². The van der Waals surface area contributed by atoms with E-state index in [0.717, 1.165) is 13.2 Å². The lowest BCUT2D eigenvalue weighted by Gasteiger charge is -2.12. The summed E-state index contributed by atoms with van der Waals surface area (Å²) in [6.45, 7) is 0. The summed E-state index contributed by atoms with van der Waals surface area (Å²) < 4.78 is 10.3. The fourth-order valence-electron chi connectivity index (χ4n) is 2.05. The number of carbonyl (C=O) groups is 1. The topological polar surface area (TPSA) is 126 Å². The fourth-order valence-corrected chi connectivity index (χ4v) is 2.05. The van der Waals surface area contributed by atoms with E-state index in [4.69, 9.17) is 15.3 Å². The first kappa shape index (κ1) is 18.2. The summed E-state index contributed by atoms with van der Waals surface area (Å²) in [7, 11) is 1.15. The number of hydrogen-bond acceptors (Lipinski definition) is 7. The average Bonchev–Trinajstić information content (AvgIpc) is 2.66. The van der Waals surface area contributed by atoms with Gasteiger partial charge in [0, 0.05) is 17.7 Å². The monoisotopic (exact) mass is 349 g/mol. The van der Waals surface area contributed by atoms with Gasteiger partial charge in [0.25, 0.3) is 5.69 Å². The van der Waals surface area contributed by atoms with E-state index in [1.807, 2.05) is 0 Å². The van der Waals surface area contributed by atoms with Crippen LogP contribution in [0.5, 0.6) is 11.5 Å². The number of methoxy groups -OCH3 is 1. The number of para-hydroxylation sites is 1. The molecule has 2 aromatic rings. The minimum atomic E-state index is -0.800. The highest BCUT2D eigenvalue weighted by Gasteiger charge is 2.19. The van der Waals surface area contributed by atoms with Crippen LogP contribution in [-0.4, -0.2) is 18.0 Å². The Morgan fingerprint density at radius 2 is 1.85 bits per heavy atom. The Labute approximate surface area is 148 Å². The standard InChI is InChI=1S/C18H11N3O5/c1-25-18(22)15-9-14(21(23)24)6-7-17(15)26-16-5-3-2-4-13(16)8-12(10-19)11-20/h2-9H,1H3. The van der Waals surface area contributed by atoms with Gasteiger partial charge >= 0.3 is 5.97 Å². The summed E-state index contributed by atoms with van der Waals surface area (Å²) in [5, 5.41) is 28.7. The van der Waals surface area contributed by atoms with Gasteiger partial charge in [0.1, 0.15) is 34.8 Å². The van der Waals surface area contributed by atoms with Crippen molar-refractivity contribution >= 4 is 17.7 Å². The number of nitro groups is 1. The van der Waals surface area contributed by atoms with Gasteiger partial charge in [-0.25, -0.2) is 4.79 Å². The Hall–Kier alpha value is -4.17. The molecule has 0 amide bonds. The lowest BCUT2D eigenvalue weighted by atomic mass is 10.1. The predicted molar refractivity (Wildman–Crippen MR) is 90.2 cm³/mol. The molecule has 0 aliphatic rings. The molecule has 0 aromatic heterocycles. The molecule has 0 saturated carbocycles. The van der Waals surface area contributed by atoms with Crippen molar-refractivity contribution < 1.29 is 19.2 Å². The molecule has 0 aliphatic carbocycles. The van der Waals surface area contributed by atoms with Gasteiger partial charge in [0.05, 0.1) is 12.0 Å². The SMILES string of the molecule is COC(=O)c1cc([N+](=O)[O-])ccc1Oc1ccccc1C=C(C#N)C#N. The van der Waals surface area contributed by atoms with Gasteiger partial charge in [-0.05, 0) is 18.2 Å². The van der Waals surface area contributed by atoms with E-state index in [1.165, 1.54) is 18.2 Å². The van der Waals surface area contributed by atoms with Crippen LogP contribution >= 0.6 is 0 Å². The Morgan fingerprint density at radius 3 is 2.46 bits per heavy atom. The van der Waals surface area contributed by atoms with E-state index in [2.05, 4.69) is 4.74 Å². The largest absolute Gasteiger partial charge is 0.465 e. The Balaban J connectivity index is 2.52. The lowest BCUT2D eigenvalue weighted by Crippen LogP contribution is -2.05. The molecule has 128 valence electrons. The van der Waals surface area contributed by atoms with Gasteiger partial charge in [0.15, 0.2) is 0 Å². The number of hydrogen-bond donors (Lipinski definition) is 0. The van der Waals surface area contributed by atoms with Crippen molar-refractivity contribution in [2.75, 3.05) is 7.11 Å².